The number of likely N-dealkylation sites (tertiary alicyclic amines) is 1. The number of nitrogens with one attached hydrogen (secondary N) is 1. The van der Waals surface area contributed by atoms with Crippen molar-refractivity contribution < 1.29 is 0 Å². The Hall–Kier alpha value is -0.870. The average Bonchev–Trinajstić information content (AvgIpc) is 3.00. The fourth-order valence-electron chi connectivity index (χ4n) is 3.12. The van der Waals surface area contributed by atoms with Crippen LogP contribution in [0.4, 0.5) is 0 Å². The monoisotopic (exact) mass is 248 g/mol. The minimum absolute atomic E-state index is 0.685. The molecule has 4 nitrogen and oxygen atoms in total. The van der Waals surface area contributed by atoms with Gasteiger partial charge < -0.3 is 5.32 Å². The first kappa shape index (κ1) is 12.2. The fourth-order valence-corrected chi connectivity index (χ4v) is 3.12. The summed E-state index contributed by atoms with van der Waals surface area (Å²) in [7, 11) is 1.98. The van der Waals surface area contributed by atoms with Gasteiger partial charge in [0.25, 0.3) is 0 Å². The van der Waals surface area contributed by atoms with Gasteiger partial charge >= 0.3 is 0 Å². The molecular weight excluding hydrogens is 224 g/mol. The molecule has 0 spiro atoms. The molecule has 1 aromatic heterocycles. The van der Waals surface area contributed by atoms with Crippen LogP contribution in [0.5, 0.6) is 0 Å². The molecule has 3 rings (SSSR count). The largest absolute Gasteiger partial charge is 0.312 e. The van der Waals surface area contributed by atoms with Crippen LogP contribution in [0.1, 0.15) is 31.9 Å². The van der Waals surface area contributed by atoms with Gasteiger partial charge in [-0.25, -0.2) is 0 Å². The predicted octanol–water partition coefficient (Wildman–Crippen LogP) is 1.18. The first-order chi connectivity index (χ1) is 8.72. The summed E-state index contributed by atoms with van der Waals surface area (Å²) in [5.41, 5.74) is 1.19. The van der Waals surface area contributed by atoms with Gasteiger partial charge in [-0.3, -0.25) is 9.58 Å². The van der Waals surface area contributed by atoms with Crippen molar-refractivity contribution in [2.24, 2.45) is 7.05 Å². The van der Waals surface area contributed by atoms with E-state index in [0.29, 0.717) is 6.04 Å². The summed E-state index contributed by atoms with van der Waals surface area (Å²) < 4.78 is 1.88. The lowest BCUT2D eigenvalue weighted by molar-refractivity contribution is 0.255. The van der Waals surface area contributed by atoms with Gasteiger partial charge in [-0.1, -0.05) is 0 Å². The molecule has 0 amide bonds. The second kappa shape index (κ2) is 5.02. The van der Waals surface area contributed by atoms with E-state index < -0.39 is 0 Å². The van der Waals surface area contributed by atoms with E-state index >= 15 is 0 Å². The first-order valence-corrected chi connectivity index (χ1v) is 7.20. The van der Waals surface area contributed by atoms with Crippen molar-refractivity contribution in [3.63, 3.8) is 0 Å². The van der Waals surface area contributed by atoms with E-state index in [0.717, 1.165) is 25.0 Å². The highest BCUT2D eigenvalue weighted by atomic mass is 15.3. The number of aromatic nitrogens is 2. The summed E-state index contributed by atoms with van der Waals surface area (Å²) in [6.07, 6.45) is 7.20. The van der Waals surface area contributed by atoms with Crippen LogP contribution in [0.3, 0.4) is 0 Å². The van der Waals surface area contributed by atoms with Crippen LogP contribution in [0, 0.1) is 0 Å². The quantitative estimate of drug-likeness (QED) is 0.849. The van der Waals surface area contributed by atoms with Crippen molar-refractivity contribution >= 4 is 0 Å². The van der Waals surface area contributed by atoms with Gasteiger partial charge in [-0.15, -0.1) is 0 Å². The number of hydrogen-bond acceptors (Lipinski definition) is 3. The van der Waals surface area contributed by atoms with Crippen LogP contribution in [-0.2, 0) is 13.5 Å². The van der Waals surface area contributed by atoms with Crippen LogP contribution >= 0.6 is 0 Å². The molecule has 0 aromatic carbocycles. The van der Waals surface area contributed by atoms with Crippen LogP contribution in [0.25, 0.3) is 0 Å². The molecule has 100 valence electrons. The lowest BCUT2D eigenvalue weighted by Crippen LogP contribution is -2.35. The van der Waals surface area contributed by atoms with Gasteiger partial charge in [-0.05, 0) is 32.3 Å². The molecule has 2 fully saturated rings. The molecule has 1 N–H and O–H groups in total. The molecular formula is C14H24N4. The van der Waals surface area contributed by atoms with Crippen molar-refractivity contribution in [1.82, 2.24) is 20.0 Å². The fraction of sp³-hybridized carbons (Fsp3) is 0.786. The Morgan fingerprint density at radius 1 is 1.44 bits per heavy atom. The second-order valence-electron chi connectivity index (χ2n) is 5.89. The molecule has 1 aliphatic heterocycles. The van der Waals surface area contributed by atoms with Gasteiger partial charge in [0.05, 0.1) is 5.69 Å². The van der Waals surface area contributed by atoms with E-state index in [1.807, 2.05) is 17.9 Å². The van der Waals surface area contributed by atoms with E-state index in [4.69, 9.17) is 0 Å². The molecule has 4 heteroatoms. The maximum atomic E-state index is 4.41. The minimum atomic E-state index is 0.685. The molecule has 2 aliphatic rings. The van der Waals surface area contributed by atoms with Crippen molar-refractivity contribution in [2.75, 3.05) is 13.1 Å². The van der Waals surface area contributed by atoms with Crippen LogP contribution in [-0.4, -0.2) is 45.9 Å². The van der Waals surface area contributed by atoms with Crippen LogP contribution in [0.2, 0.25) is 0 Å². The van der Waals surface area contributed by atoms with Gasteiger partial charge in [-0.2, -0.15) is 5.10 Å². The topological polar surface area (TPSA) is 33.1 Å². The maximum absolute atomic E-state index is 4.41. The second-order valence-corrected chi connectivity index (χ2v) is 5.89. The van der Waals surface area contributed by atoms with E-state index in [1.165, 1.54) is 31.5 Å². The smallest absolute Gasteiger partial charge is 0.0637 e. The standard InChI is InChI=1S/C14H24N4/c1-11-9-13(10-18(11)14-3-4-14)15-7-5-12-6-8-17(2)16-12/h6,8,11,13-15H,3-5,7,9-10H2,1-2H3. The highest BCUT2D eigenvalue weighted by molar-refractivity contribution is 5.00. The van der Waals surface area contributed by atoms with E-state index in [9.17, 15) is 0 Å². The van der Waals surface area contributed by atoms with E-state index in [2.05, 4.69) is 28.3 Å². The highest BCUT2D eigenvalue weighted by Gasteiger charge is 2.38. The summed E-state index contributed by atoms with van der Waals surface area (Å²) >= 11 is 0. The summed E-state index contributed by atoms with van der Waals surface area (Å²) in [5.74, 6) is 0. The summed E-state index contributed by atoms with van der Waals surface area (Å²) in [6, 6.07) is 4.46. The van der Waals surface area contributed by atoms with Crippen molar-refractivity contribution in [1.29, 1.82) is 0 Å². The predicted molar refractivity (Wildman–Crippen MR) is 72.5 cm³/mol. The van der Waals surface area contributed by atoms with Crippen molar-refractivity contribution in [3.8, 4) is 0 Å². The number of hydrogen-bond donors (Lipinski definition) is 1. The third kappa shape index (κ3) is 2.75. The molecule has 18 heavy (non-hydrogen) atoms. The zero-order chi connectivity index (χ0) is 12.5. The Kier molecular flexibility index (Phi) is 3.39. The molecule has 0 bridgehead atoms. The van der Waals surface area contributed by atoms with E-state index in [-0.39, 0.29) is 0 Å². The van der Waals surface area contributed by atoms with Gasteiger partial charge in [0.15, 0.2) is 0 Å². The maximum Gasteiger partial charge on any atom is 0.0637 e. The average molecular weight is 248 g/mol. The molecule has 2 heterocycles. The molecule has 2 atom stereocenters. The van der Waals surface area contributed by atoms with E-state index in [1.54, 1.807) is 0 Å². The minimum Gasteiger partial charge on any atom is -0.312 e. The third-order valence-corrected chi connectivity index (χ3v) is 4.22. The zero-order valence-electron chi connectivity index (χ0n) is 11.5. The van der Waals surface area contributed by atoms with Crippen molar-refractivity contribution in [2.45, 2.75) is 50.7 Å². The molecule has 2 unspecified atom stereocenters. The number of aryl methyl sites for hydroxylation is 1. The highest BCUT2D eigenvalue weighted by Crippen LogP contribution is 2.33. The molecule has 0 radical (unpaired) electrons. The molecule has 1 aliphatic carbocycles. The summed E-state index contributed by atoms with van der Waals surface area (Å²) in [6.45, 7) is 4.67. The van der Waals surface area contributed by atoms with Gasteiger partial charge in [0, 0.05) is 50.9 Å². The Bertz CT molecular complexity index is 396. The number of rotatable bonds is 5. The Labute approximate surface area is 109 Å². The SMILES string of the molecule is CC1CC(NCCc2ccn(C)n2)CN1C1CC1. The molecule has 1 saturated carbocycles. The number of nitrogens with zero attached hydrogens (tertiary/aromatic N) is 3. The van der Waals surface area contributed by atoms with Crippen molar-refractivity contribution in [3.05, 3.63) is 18.0 Å². The third-order valence-electron chi connectivity index (χ3n) is 4.22. The van der Waals surface area contributed by atoms with Gasteiger partial charge in [0.2, 0.25) is 0 Å². The van der Waals surface area contributed by atoms with Gasteiger partial charge in [0.1, 0.15) is 0 Å². The Morgan fingerprint density at radius 2 is 2.28 bits per heavy atom. The summed E-state index contributed by atoms with van der Waals surface area (Å²) in [5, 5.41) is 8.10. The Morgan fingerprint density at radius 3 is 2.94 bits per heavy atom. The first-order valence-electron chi connectivity index (χ1n) is 7.20. The Balaban J connectivity index is 1.41. The molecule has 1 aromatic rings. The molecule has 1 saturated heterocycles. The zero-order valence-corrected chi connectivity index (χ0v) is 11.5. The normalized spacial score (nSPS) is 29.0. The van der Waals surface area contributed by atoms with Crippen LogP contribution in [0.15, 0.2) is 12.3 Å². The van der Waals surface area contributed by atoms with Crippen LogP contribution < -0.4 is 5.32 Å². The lowest BCUT2D eigenvalue weighted by Gasteiger charge is -2.19. The summed E-state index contributed by atoms with van der Waals surface area (Å²) in [4.78, 5) is 2.69. The lowest BCUT2D eigenvalue weighted by atomic mass is 10.2.